The highest BCUT2D eigenvalue weighted by Gasteiger charge is 2.19. The van der Waals surface area contributed by atoms with E-state index in [1.54, 1.807) is 13.1 Å². The first-order valence-corrected chi connectivity index (χ1v) is 6.40. The van der Waals surface area contributed by atoms with Crippen molar-refractivity contribution in [3.63, 3.8) is 0 Å². The summed E-state index contributed by atoms with van der Waals surface area (Å²) < 4.78 is 5.37. The number of aliphatic hydroxyl groups excluding tert-OH is 1. The summed E-state index contributed by atoms with van der Waals surface area (Å²) in [5, 5.41) is 16.4. The number of aryl methyl sites for hydroxylation is 1. The average molecular weight is 379 g/mol. The first-order valence-electron chi connectivity index (χ1n) is 6.40. The number of halogens is 1. The molecule has 1 saturated carbocycles. The maximum atomic E-state index is 9.94. The fourth-order valence-electron chi connectivity index (χ4n) is 1.87. The minimum absolute atomic E-state index is 0. The first kappa shape index (κ1) is 16.3. The fraction of sp³-hybridized carbons (Fsp3) is 0.615. The molecule has 1 fully saturated rings. The number of rotatable bonds is 4. The molecule has 0 bridgehead atoms. The third-order valence-corrected chi connectivity index (χ3v) is 3.22. The lowest BCUT2D eigenvalue weighted by molar-refractivity contribution is 0.151. The Labute approximate surface area is 130 Å². The maximum Gasteiger partial charge on any atom is 0.191 e. The minimum atomic E-state index is -0.654. The molecule has 19 heavy (non-hydrogen) atoms. The van der Waals surface area contributed by atoms with Gasteiger partial charge in [0, 0.05) is 13.1 Å². The number of hydrogen-bond donors (Lipinski definition) is 3. The van der Waals surface area contributed by atoms with Crippen molar-refractivity contribution < 1.29 is 9.52 Å². The summed E-state index contributed by atoms with van der Waals surface area (Å²) in [5.74, 6) is 2.13. The van der Waals surface area contributed by atoms with E-state index in [-0.39, 0.29) is 24.0 Å². The zero-order chi connectivity index (χ0) is 13.0. The predicted molar refractivity (Wildman–Crippen MR) is 86.0 cm³/mol. The largest absolute Gasteiger partial charge is 0.464 e. The van der Waals surface area contributed by atoms with Gasteiger partial charge in [0.05, 0.1) is 6.54 Å². The van der Waals surface area contributed by atoms with Crippen LogP contribution in [0.4, 0.5) is 0 Å². The van der Waals surface area contributed by atoms with Crippen LogP contribution in [0.25, 0.3) is 0 Å². The summed E-state index contributed by atoms with van der Waals surface area (Å²) in [4.78, 5) is 4.13. The molecule has 0 radical (unpaired) electrons. The topological polar surface area (TPSA) is 69.8 Å². The Hall–Kier alpha value is -0.760. The summed E-state index contributed by atoms with van der Waals surface area (Å²) in [6.45, 7) is 2.25. The Morgan fingerprint density at radius 3 is 2.74 bits per heavy atom. The molecular weight excluding hydrogens is 357 g/mol. The molecule has 0 spiro atoms. The van der Waals surface area contributed by atoms with Gasteiger partial charge in [0.2, 0.25) is 0 Å². The van der Waals surface area contributed by atoms with Crippen molar-refractivity contribution in [2.24, 2.45) is 4.99 Å². The molecule has 5 nitrogen and oxygen atoms in total. The predicted octanol–water partition coefficient (Wildman–Crippen LogP) is 1.96. The van der Waals surface area contributed by atoms with E-state index in [4.69, 9.17) is 4.42 Å². The van der Waals surface area contributed by atoms with E-state index in [1.165, 1.54) is 19.3 Å². The number of nitrogens with zero attached hydrogens (tertiary/aromatic N) is 1. The van der Waals surface area contributed by atoms with Crippen molar-refractivity contribution >= 4 is 29.9 Å². The highest BCUT2D eigenvalue weighted by Crippen LogP contribution is 2.18. The van der Waals surface area contributed by atoms with Gasteiger partial charge in [0.25, 0.3) is 0 Å². The lowest BCUT2D eigenvalue weighted by Gasteiger charge is -2.28. The van der Waals surface area contributed by atoms with Gasteiger partial charge in [0.1, 0.15) is 17.6 Å². The summed E-state index contributed by atoms with van der Waals surface area (Å²) in [7, 11) is 1.73. The molecule has 0 saturated heterocycles. The smallest absolute Gasteiger partial charge is 0.191 e. The van der Waals surface area contributed by atoms with Crippen LogP contribution in [0.2, 0.25) is 0 Å². The van der Waals surface area contributed by atoms with Crippen molar-refractivity contribution in [1.29, 1.82) is 0 Å². The third kappa shape index (κ3) is 4.68. The molecule has 1 atom stereocenters. The van der Waals surface area contributed by atoms with Gasteiger partial charge < -0.3 is 20.2 Å². The molecule has 0 aliphatic heterocycles. The quantitative estimate of drug-likeness (QED) is 0.425. The molecule has 0 aromatic carbocycles. The van der Waals surface area contributed by atoms with Gasteiger partial charge in [-0.15, -0.1) is 24.0 Å². The van der Waals surface area contributed by atoms with E-state index >= 15 is 0 Å². The zero-order valence-corrected chi connectivity index (χ0v) is 13.7. The molecule has 1 aromatic rings. The number of furan rings is 1. The second-order valence-corrected chi connectivity index (χ2v) is 4.69. The second-order valence-electron chi connectivity index (χ2n) is 4.69. The molecule has 2 rings (SSSR count). The van der Waals surface area contributed by atoms with Gasteiger partial charge in [0.15, 0.2) is 5.96 Å². The van der Waals surface area contributed by atoms with Crippen LogP contribution in [-0.4, -0.2) is 30.7 Å². The summed E-state index contributed by atoms with van der Waals surface area (Å²) in [6.07, 6.45) is 3.02. The molecule has 1 aromatic heterocycles. The van der Waals surface area contributed by atoms with Crippen LogP contribution >= 0.6 is 24.0 Å². The lowest BCUT2D eigenvalue weighted by atomic mass is 9.93. The molecule has 3 N–H and O–H groups in total. The number of aliphatic hydroxyl groups is 1. The summed E-state index contributed by atoms with van der Waals surface area (Å²) in [5.41, 5.74) is 0. The van der Waals surface area contributed by atoms with E-state index in [0.717, 1.165) is 11.7 Å². The Balaban J connectivity index is 0.00000180. The number of nitrogens with one attached hydrogen (secondary N) is 2. The fourth-order valence-corrected chi connectivity index (χ4v) is 1.87. The van der Waals surface area contributed by atoms with Crippen LogP contribution in [0.1, 0.15) is 36.9 Å². The maximum absolute atomic E-state index is 9.94. The van der Waals surface area contributed by atoms with Gasteiger partial charge in [-0.1, -0.05) is 0 Å². The third-order valence-electron chi connectivity index (χ3n) is 3.22. The second kappa shape index (κ2) is 7.74. The van der Waals surface area contributed by atoms with Crippen LogP contribution < -0.4 is 10.6 Å². The Morgan fingerprint density at radius 1 is 1.53 bits per heavy atom. The number of hydrogen-bond acceptors (Lipinski definition) is 3. The van der Waals surface area contributed by atoms with Crippen molar-refractivity contribution in [1.82, 2.24) is 10.6 Å². The van der Waals surface area contributed by atoms with Gasteiger partial charge in [-0.05, 0) is 38.3 Å². The molecule has 0 amide bonds. The Bertz CT molecular complexity index is 416. The average Bonchev–Trinajstić information content (AvgIpc) is 2.73. The van der Waals surface area contributed by atoms with E-state index < -0.39 is 6.10 Å². The zero-order valence-electron chi connectivity index (χ0n) is 11.3. The van der Waals surface area contributed by atoms with Gasteiger partial charge >= 0.3 is 0 Å². The molecular formula is C13H22IN3O2. The van der Waals surface area contributed by atoms with Crippen molar-refractivity contribution in [3.8, 4) is 0 Å². The SMILES string of the molecule is CN=C(NCC(O)c1ccc(C)o1)NC1CCC1.I. The highest BCUT2D eigenvalue weighted by molar-refractivity contribution is 14.0. The Kier molecular flexibility index (Phi) is 6.64. The molecule has 6 heteroatoms. The van der Waals surface area contributed by atoms with E-state index in [9.17, 15) is 5.11 Å². The van der Waals surface area contributed by atoms with E-state index in [0.29, 0.717) is 18.3 Å². The van der Waals surface area contributed by atoms with E-state index in [1.807, 2.05) is 13.0 Å². The van der Waals surface area contributed by atoms with Crippen LogP contribution in [-0.2, 0) is 0 Å². The first-order chi connectivity index (χ1) is 8.69. The molecule has 1 aliphatic rings. The van der Waals surface area contributed by atoms with E-state index in [2.05, 4.69) is 15.6 Å². The van der Waals surface area contributed by atoms with Crippen molar-refractivity contribution in [2.75, 3.05) is 13.6 Å². The molecule has 1 aliphatic carbocycles. The van der Waals surface area contributed by atoms with Crippen LogP contribution in [0.3, 0.4) is 0 Å². The molecule has 1 unspecified atom stereocenters. The molecule has 1 heterocycles. The van der Waals surface area contributed by atoms with Crippen LogP contribution in [0.5, 0.6) is 0 Å². The monoisotopic (exact) mass is 379 g/mol. The van der Waals surface area contributed by atoms with Crippen LogP contribution in [0, 0.1) is 6.92 Å². The summed E-state index contributed by atoms with van der Waals surface area (Å²) in [6, 6.07) is 4.17. The van der Waals surface area contributed by atoms with Crippen molar-refractivity contribution in [3.05, 3.63) is 23.7 Å². The molecule has 108 valence electrons. The normalized spacial score (nSPS) is 17.3. The van der Waals surface area contributed by atoms with Gasteiger partial charge in [-0.25, -0.2) is 0 Å². The number of aliphatic imine (C=N–C) groups is 1. The van der Waals surface area contributed by atoms with Crippen LogP contribution in [0.15, 0.2) is 21.5 Å². The minimum Gasteiger partial charge on any atom is -0.464 e. The van der Waals surface area contributed by atoms with Gasteiger partial charge in [-0.3, -0.25) is 4.99 Å². The lowest BCUT2D eigenvalue weighted by Crippen LogP contribution is -2.47. The van der Waals surface area contributed by atoms with Gasteiger partial charge in [-0.2, -0.15) is 0 Å². The Morgan fingerprint density at radius 2 is 2.26 bits per heavy atom. The van der Waals surface area contributed by atoms with Crippen molar-refractivity contribution in [2.45, 2.75) is 38.3 Å². The summed E-state index contributed by atoms with van der Waals surface area (Å²) >= 11 is 0. The highest BCUT2D eigenvalue weighted by atomic mass is 127. The number of guanidine groups is 1. The standard InChI is InChI=1S/C13H21N3O2.HI/c1-9-6-7-12(18-9)11(17)8-15-13(14-2)16-10-4-3-5-10;/h6-7,10-11,17H,3-5,8H2,1-2H3,(H2,14,15,16);1H.